The lowest BCUT2D eigenvalue weighted by atomic mass is 9.86. The molecule has 5 heteroatoms. The smallest absolute Gasteiger partial charge is 0.309 e. The van der Waals surface area contributed by atoms with Gasteiger partial charge in [-0.05, 0) is 26.7 Å². The molecule has 1 saturated heterocycles. The molecule has 0 saturated carbocycles. The lowest BCUT2D eigenvalue weighted by Gasteiger charge is -2.28. The Labute approximate surface area is 123 Å². The molecular formula is C16H20O5. The molecule has 2 heterocycles. The monoisotopic (exact) mass is 292 g/mol. The molecule has 21 heavy (non-hydrogen) atoms. The number of fused-ring (bicyclic) bond motifs is 3. The van der Waals surface area contributed by atoms with Crippen LogP contribution in [0, 0.1) is 18.8 Å². The molecule has 3 rings (SSSR count). The van der Waals surface area contributed by atoms with Crippen molar-refractivity contribution in [2.45, 2.75) is 52.2 Å². The summed E-state index contributed by atoms with van der Waals surface area (Å²) in [4.78, 5) is 23.4. The van der Waals surface area contributed by atoms with Crippen molar-refractivity contribution in [3.63, 3.8) is 0 Å². The van der Waals surface area contributed by atoms with Crippen LogP contribution in [0.4, 0.5) is 0 Å². The number of hydrogen-bond acceptors (Lipinski definition) is 5. The van der Waals surface area contributed by atoms with Crippen LogP contribution in [0.25, 0.3) is 0 Å². The SMILES string of the molecule is CC(=O)O[C@]1(C)CC[C@H]2[C@H](C)C(=O)O[C@@H]2c2c1coc2C. The second-order valence-corrected chi connectivity index (χ2v) is 6.29. The minimum absolute atomic E-state index is 0.102. The van der Waals surface area contributed by atoms with E-state index >= 15 is 0 Å². The molecule has 0 N–H and O–H groups in total. The molecule has 0 spiro atoms. The zero-order valence-corrected chi connectivity index (χ0v) is 12.8. The van der Waals surface area contributed by atoms with Crippen LogP contribution in [0.5, 0.6) is 0 Å². The highest BCUT2D eigenvalue weighted by atomic mass is 16.6. The molecule has 0 aromatic carbocycles. The molecule has 1 aromatic rings. The van der Waals surface area contributed by atoms with Crippen LogP contribution in [0.3, 0.4) is 0 Å². The maximum absolute atomic E-state index is 11.9. The summed E-state index contributed by atoms with van der Waals surface area (Å²) in [5.74, 6) is 0.205. The van der Waals surface area contributed by atoms with Crippen molar-refractivity contribution in [1.29, 1.82) is 0 Å². The van der Waals surface area contributed by atoms with Gasteiger partial charge in [0.15, 0.2) is 0 Å². The Kier molecular flexibility index (Phi) is 3.11. The maximum Gasteiger partial charge on any atom is 0.309 e. The minimum atomic E-state index is -0.727. The van der Waals surface area contributed by atoms with Crippen molar-refractivity contribution in [3.8, 4) is 0 Å². The van der Waals surface area contributed by atoms with Crippen LogP contribution in [0.15, 0.2) is 10.7 Å². The van der Waals surface area contributed by atoms with Crippen LogP contribution in [0.2, 0.25) is 0 Å². The Morgan fingerprint density at radius 1 is 1.48 bits per heavy atom. The van der Waals surface area contributed by atoms with Crippen molar-refractivity contribution in [2.75, 3.05) is 0 Å². The molecule has 0 radical (unpaired) electrons. The van der Waals surface area contributed by atoms with Crippen LogP contribution >= 0.6 is 0 Å². The van der Waals surface area contributed by atoms with Gasteiger partial charge >= 0.3 is 11.9 Å². The minimum Gasteiger partial charge on any atom is -0.469 e. The predicted octanol–water partition coefficient (Wildman–Crippen LogP) is 3.01. The lowest BCUT2D eigenvalue weighted by Crippen LogP contribution is -2.28. The molecule has 1 aliphatic carbocycles. The normalized spacial score (nSPS) is 34.7. The van der Waals surface area contributed by atoms with Gasteiger partial charge in [-0.2, -0.15) is 0 Å². The van der Waals surface area contributed by atoms with Crippen molar-refractivity contribution in [1.82, 2.24) is 0 Å². The van der Waals surface area contributed by atoms with Crippen LogP contribution in [0.1, 0.15) is 56.6 Å². The molecule has 1 aromatic heterocycles. The largest absolute Gasteiger partial charge is 0.469 e. The van der Waals surface area contributed by atoms with Crippen LogP contribution in [-0.2, 0) is 24.7 Å². The first-order valence-electron chi connectivity index (χ1n) is 7.32. The van der Waals surface area contributed by atoms with E-state index in [0.29, 0.717) is 6.42 Å². The Morgan fingerprint density at radius 2 is 2.19 bits per heavy atom. The van der Waals surface area contributed by atoms with Gasteiger partial charge in [-0.1, -0.05) is 6.92 Å². The number of carbonyl (C=O) groups is 2. The quantitative estimate of drug-likeness (QED) is 0.744. The molecule has 2 aliphatic rings. The van der Waals surface area contributed by atoms with Gasteiger partial charge in [-0.3, -0.25) is 9.59 Å². The van der Waals surface area contributed by atoms with E-state index in [0.717, 1.165) is 23.3 Å². The van der Waals surface area contributed by atoms with Gasteiger partial charge in [0.25, 0.3) is 0 Å². The third-order valence-corrected chi connectivity index (χ3v) is 4.85. The first-order chi connectivity index (χ1) is 9.83. The standard InChI is InChI=1S/C16H20O5/c1-8-11-5-6-16(4,21-10(3)17)12-7-19-9(2)13(12)14(11)20-15(8)18/h7-8,11,14H,5-6H2,1-4H3/t8-,11-,14-,16+/m0/s1. The molecular weight excluding hydrogens is 272 g/mol. The summed E-state index contributed by atoms with van der Waals surface area (Å²) in [6.45, 7) is 7.06. The summed E-state index contributed by atoms with van der Waals surface area (Å²) in [5.41, 5.74) is 0.971. The van der Waals surface area contributed by atoms with Crippen LogP contribution in [-0.4, -0.2) is 11.9 Å². The number of carbonyl (C=O) groups excluding carboxylic acids is 2. The summed E-state index contributed by atoms with van der Waals surface area (Å²) in [7, 11) is 0. The van der Waals surface area contributed by atoms with E-state index in [2.05, 4.69) is 0 Å². The van der Waals surface area contributed by atoms with Crippen molar-refractivity contribution in [3.05, 3.63) is 23.2 Å². The van der Waals surface area contributed by atoms with Gasteiger partial charge in [0.1, 0.15) is 17.5 Å². The van der Waals surface area contributed by atoms with Crippen LogP contribution < -0.4 is 0 Å². The Balaban J connectivity index is 2.10. The highest BCUT2D eigenvalue weighted by Gasteiger charge is 2.50. The number of ether oxygens (including phenoxy) is 2. The maximum atomic E-state index is 11.9. The highest BCUT2D eigenvalue weighted by molar-refractivity contribution is 5.75. The van der Waals surface area contributed by atoms with Gasteiger partial charge < -0.3 is 13.9 Å². The Hall–Kier alpha value is -1.78. The fourth-order valence-electron chi connectivity index (χ4n) is 3.66. The van der Waals surface area contributed by atoms with Gasteiger partial charge in [-0.15, -0.1) is 0 Å². The number of aryl methyl sites for hydroxylation is 1. The second kappa shape index (κ2) is 4.61. The summed E-state index contributed by atoms with van der Waals surface area (Å²) >= 11 is 0. The average Bonchev–Trinajstić information content (AvgIpc) is 2.85. The molecule has 114 valence electrons. The Morgan fingerprint density at radius 3 is 2.86 bits per heavy atom. The second-order valence-electron chi connectivity index (χ2n) is 6.29. The number of esters is 2. The molecule has 0 amide bonds. The summed E-state index contributed by atoms with van der Waals surface area (Å²) < 4.78 is 16.7. The topological polar surface area (TPSA) is 65.7 Å². The number of hydrogen-bond donors (Lipinski definition) is 0. The summed E-state index contributed by atoms with van der Waals surface area (Å²) in [5, 5.41) is 0. The van der Waals surface area contributed by atoms with E-state index in [1.807, 2.05) is 20.8 Å². The first kappa shape index (κ1) is 14.2. The zero-order chi connectivity index (χ0) is 15.4. The van der Waals surface area contributed by atoms with Gasteiger partial charge in [-0.25, -0.2) is 0 Å². The van der Waals surface area contributed by atoms with Gasteiger partial charge in [0, 0.05) is 24.0 Å². The average molecular weight is 292 g/mol. The highest BCUT2D eigenvalue weighted by Crippen LogP contribution is 2.51. The number of furan rings is 1. The Bertz CT molecular complexity index is 602. The van der Waals surface area contributed by atoms with Crippen molar-refractivity contribution in [2.24, 2.45) is 11.8 Å². The molecule has 1 aliphatic heterocycles. The van der Waals surface area contributed by atoms with E-state index < -0.39 is 5.60 Å². The van der Waals surface area contributed by atoms with E-state index in [-0.39, 0.29) is 29.9 Å². The summed E-state index contributed by atoms with van der Waals surface area (Å²) in [6, 6.07) is 0. The zero-order valence-electron chi connectivity index (χ0n) is 12.8. The third-order valence-electron chi connectivity index (χ3n) is 4.85. The van der Waals surface area contributed by atoms with Gasteiger partial charge in [0.05, 0.1) is 12.2 Å². The van der Waals surface area contributed by atoms with E-state index in [4.69, 9.17) is 13.9 Å². The number of rotatable bonds is 1. The molecule has 0 bridgehead atoms. The molecule has 0 unspecified atom stereocenters. The predicted molar refractivity (Wildman–Crippen MR) is 73.3 cm³/mol. The van der Waals surface area contributed by atoms with E-state index in [1.54, 1.807) is 6.26 Å². The van der Waals surface area contributed by atoms with Crippen molar-refractivity contribution >= 4 is 11.9 Å². The van der Waals surface area contributed by atoms with E-state index in [1.165, 1.54) is 6.92 Å². The summed E-state index contributed by atoms with van der Waals surface area (Å²) in [6.07, 6.45) is 2.77. The third kappa shape index (κ3) is 2.06. The fraction of sp³-hybridized carbons (Fsp3) is 0.625. The van der Waals surface area contributed by atoms with E-state index in [9.17, 15) is 9.59 Å². The molecule has 5 nitrogen and oxygen atoms in total. The molecule has 4 atom stereocenters. The first-order valence-corrected chi connectivity index (χ1v) is 7.32. The lowest BCUT2D eigenvalue weighted by molar-refractivity contribution is -0.157. The van der Waals surface area contributed by atoms with Crippen molar-refractivity contribution < 1.29 is 23.5 Å². The fourth-order valence-corrected chi connectivity index (χ4v) is 3.66. The van der Waals surface area contributed by atoms with Gasteiger partial charge in [0.2, 0.25) is 0 Å². The molecule has 1 fully saturated rings.